The predicted molar refractivity (Wildman–Crippen MR) is 76.7 cm³/mol. The Morgan fingerprint density at radius 3 is 2.39 bits per heavy atom. The fraction of sp³-hybridized carbons (Fsp3) is 0.933. The van der Waals surface area contributed by atoms with Crippen molar-refractivity contribution in [3.05, 3.63) is 0 Å². The molecule has 1 rings (SSSR count). The van der Waals surface area contributed by atoms with Gasteiger partial charge in [0.15, 0.2) is 0 Å². The molecule has 0 aromatic heterocycles. The van der Waals surface area contributed by atoms with E-state index in [1.54, 1.807) is 0 Å². The number of hydrogen-bond donors (Lipinski definition) is 1. The third kappa shape index (κ3) is 4.97. The molecule has 1 saturated heterocycles. The van der Waals surface area contributed by atoms with Crippen LogP contribution in [-0.2, 0) is 4.79 Å². The van der Waals surface area contributed by atoms with Crippen LogP contribution in [0.2, 0.25) is 0 Å². The molecule has 1 aliphatic rings. The molecule has 1 amide bonds. The van der Waals surface area contributed by atoms with Crippen LogP contribution in [0.1, 0.15) is 65.7 Å². The Kier molecular flexibility index (Phi) is 6.69. The molecule has 0 atom stereocenters. The predicted octanol–water partition coefficient (Wildman–Crippen LogP) is 2.95. The van der Waals surface area contributed by atoms with Crippen molar-refractivity contribution < 1.29 is 4.79 Å². The molecular weight excluding hydrogens is 224 g/mol. The minimum Gasteiger partial charge on any atom is -0.340 e. The lowest BCUT2D eigenvalue weighted by molar-refractivity contribution is -0.139. The van der Waals surface area contributed by atoms with Crippen LogP contribution < -0.4 is 5.32 Å². The number of unbranched alkanes of at least 4 members (excludes halogenated alkanes) is 6. The zero-order chi connectivity index (χ0) is 13.4. The second kappa shape index (κ2) is 7.78. The van der Waals surface area contributed by atoms with Gasteiger partial charge >= 0.3 is 0 Å². The lowest BCUT2D eigenvalue weighted by atomic mass is 10.0. The van der Waals surface area contributed by atoms with E-state index >= 15 is 0 Å². The van der Waals surface area contributed by atoms with Gasteiger partial charge in [-0.3, -0.25) is 4.79 Å². The van der Waals surface area contributed by atoms with Crippen molar-refractivity contribution in [2.24, 2.45) is 0 Å². The molecule has 1 aliphatic heterocycles. The Balaban J connectivity index is 2.10. The van der Waals surface area contributed by atoms with Gasteiger partial charge in [-0.15, -0.1) is 0 Å². The monoisotopic (exact) mass is 254 g/mol. The number of carbonyl (C=O) groups excluding carboxylic acids is 1. The van der Waals surface area contributed by atoms with Crippen LogP contribution in [0.3, 0.4) is 0 Å². The van der Waals surface area contributed by atoms with Crippen LogP contribution in [0.5, 0.6) is 0 Å². The van der Waals surface area contributed by atoms with E-state index in [1.165, 1.54) is 38.5 Å². The van der Waals surface area contributed by atoms with E-state index in [9.17, 15) is 4.79 Å². The topological polar surface area (TPSA) is 32.3 Å². The van der Waals surface area contributed by atoms with Crippen LogP contribution in [0, 0.1) is 0 Å². The van der Waals surface area contributed by atoms with Crippen molar-refractivity contribution in [3.63, 3.8) is 0 Å². The molecule has 3 nitrogen and oxygen atoms in total. The summed E-state index contributed by atoms with van der Waals surface area (Å²) in [5.74, 6) is 0.264. The van der Waals surface area contributed by atoms with Crippen LogP contribution in [0.4, 0.5) is 0 Å². The van der Waals surface area contributed by atoms with E-state index in [0.717, 1.165) is 26.1 Å². The maximum absolute atomic E-state index is 12.1. The summed E-state index contributed by atoms with van der Waals surface area (Å²) in [4.78, 5) is 14.1. The van der Waals surface area contributed by atoms with Gasteiger partial charge in [-0.25, -0.2) is 0 Å². The van der Waals surface area contributed by atoms with Gasteiger partial charge in [-0.05, 0) is 20.3 Å². The summed E-state index contributed by atoms with van der Waals surface area (Å²) in [5.41, 5.74) is -0.362. The lowest BCUT2D eigenvalue weighted by Gasteiger charge is -2.38. The second-order valence-electron chi connectivity index (χ2n) is 5.97. The van der Waals surface area contributed by atoms with Crippen molar-refractivity contribution in [1.82, 2.24) is 10.2 Å². The Morgan fingerprint density at radius 2 is 1.72 bits per heavy atom. The normalized spacial score (nSPS) is 19.3. The van der Waals surface area contributed by atoms with Crippen molar-refractivity contribution in [3.8, 4) is 0 Å². The lowest BCUT2D eigenvalue weighted by Crippen LogP contribution is -2.61. The van der Waals surface area contributed by atoms with Gasteiger partial charge in [0, 0.05) is 19.6 Å². The van der Waals surface area contributed by atoms with Gasteiger partial charge in [-0.2, -0.15) is 0 Å². The first-order valence-electron chi connectivity index (χ1n) is 7.62. The second-order valence-corrected chi connectivity index (χ2v) is 5.97. The Morgan fingerprint density at radius 1 is 1.11 bits per heavy atom. The highest BCUT2D eigenvalue weighted by atomic mass is 16.2. The number of rotatable bonds is 8. The van der Waals surface area contributed by atoms with E-state index in [1.807, 2.05) is 18.7 Å². The highest BCUT2D eigenvalue weighted by Crippen LogP contribution is 2.14. The fourth-order valence-corrected chi connectivity index (χ4v) is 2.55. The van der Waals surface area contributed by atoms with Gasteiger partial charge in [0.1, 0.15) is 0 Å². The van der Waals surface area contributed by atoms with Crippen LogP contribution in [0.25, 0.3) is 0 Å². The summed E-state index contributed by atoms with van der Waals surface area (Å²) in [5, 5.41) is 3.27. The number of nitrogens with zero attached hydrogens (tertiary/aromatic N) is 1. The minimum atomic E-state index is -0.362. The maximum atomic E-state index is 12.1. The van der Waals surface area contributed by atoms with E-state index in [-0.39, 0.29) is 11.4 Å². The molecule has 0 aromatic carbocycles. The molecule has 3 heteroatoms. The molecule has 0 spiro atoms. The van der Waals surface area contributed by atoms with Crippen LogP contribution in [-0.4, -0.2) is 36.0 Å². The highest BCUT2D eigenvalue weighted by molar-refractivity contribution is 5.86. The molecule has 0 saturated carbocycles. The summed E-state index contributed by atoms with van der Waals surface area (Å²) in [6.07, 6.45) is 9.15. The van der Waals surface area contributed by atoms with Crippen molar-refractivity contribution >= 4 is 5.91 Å². The van der Waals surface area contributed by atoms with E-state index in [0.29, 0.717) is 0 Å². The largest absolute Gasteiger partial charge is 0.340 e. The van der Waals surface area contributed by atoms with E-state index in [2.05, 4.69) is 12.2 Å². The van der Waals surface area contributed by atoms with Crippen molar-refractivity contribution in [2.75, 3.05) is 19.6 Å². The Hall–Kier alpha value is -0.570. The van der Waals surface area contributed by atoms with Crippen LogP contribution in [0.15, 0.2) is 0 Å². The molecule has 0 bridgehead atoms. The SMILES string of the molecule is CCCCCCCCCN1CCNC(C)(C)C1=O. The molecule has 0 aliphatic carbocycles. The summed E-state index contributed by atoms with van der Waals surface area (Å²) in [6.45, 7) is 8.95. The molecule has 0 radical (unpaired) electrons. The van der Waals surface area contributed by atoms with Gasteiger partial charge in [0.05, 0.1) is 5.54 Å². The Bertz CT molecular complexity index is 251. The Labute approximate surface area is 112 Å². The number of carbonyl (C=O) groups is 1. The molecule has 1 N–H and O–H groups in total. The first-order chi connectivity index (χ1) is 8.58. The number of nitrogens with one attached hydrogen (secondary N) is 1. The summed E-state index contributed by atoms with van der Waals surface area (Å²) < 4.78 is 0. The average molecular weight is 254 g/mol. The van der Waals surface area contributed by atoms with Gasteiger partial charge in [0.25, 0.3) is 0 Å². The first-order valence-corrected chi connectivity index (χ1v) is 7.62. The maximum Gasteiger partial charge on any atom is 0.242 e. The van der Waals surface area contributed by atoms with Gasteiger partial charge in [0.2, 0.25) is 5.91 Å². The molecule has 18 heavy (non-hydrogen) atoms. The zero-order valence-corrected chi connectivity index (χ0v) is 12.4. The van der Waals surface area contributed by atoms with E-state index < -0.39 is 0 Å². The standard InChI is InChI=1S/C15H30N2O/c1-4-5-6-7-8-9-10-12-17-13-11-16-15(2,3)14(17)18/h16H,4-13H2,1-3H3. The third-order valence-corrected chi connectivity index (χ3v) is 3.80. The first kappa shape index (κ1) is 15.5. The molecule has 0 unspecified atom stereocenters. The quantitative estimate of drug-likeness (QED) is 0.675. The fourth-order valence-electron chi connectivity index (χ4n) is 2.55. The summed E-state index contributed by atoms with van der Waals surface area (Å²) in [7, 11) is 0. The molecule has 106 valence electrons. The number of hydrogen-bond acceptors (Lipinski definition) is 2. The van der Waals surface area contributed by atoms with Crippen LogP contribution >= 0.6 is 0 Å². The van der Waals surface area contributed by atoms with Crippen molar-refractivity contribution in [1.29, 1.82) is 0 Å². The molecule has 1 fully saturated rings. The molecule has 1 heterocycles. The number of amides is 1. The molecular formula is C15H30N2O. The summed E-state index contributed by atoms with van der Waals surface area (Å²) >= 11 is 0. The van der Waals surface area contributed by atoms with Gasteiger partial charge < -0.3 is 10.2 Å². The van der Waals surface area contributed by atoms with Gasteiger partial charge in [-0.1, -0.05) is 45.4 Å². The number of piperazine rings is 1. The average Bonchev–Trinajstić information content (AvgIpc) is 2.33. The smallest absolute Gasteiger partial charge is 0.242 e. The van der Waals surface area contributed by atoms with Crippen molar-refractivity contribution in [2.45, 2.75) is 71.3 Å². The highest BCUT2D eigenvalue weighted by Gasteiger charge is 2.34. The summed E-state index contributed by atoms with van der Waals surface area (Å²) in [6, 6.07) is 0. The zero-order valence-electron chi connectivity index (χ0n) is 12.4. The molecule has 0 aromatic rings. The minimum absolute atomic E-state index is 0.264. The van der Waals surface area contributed by atoms with E-state index in [4.69, 9.17) is 0 Å². The third-order valence-electron chi connectivity index (χ3n) is 3.80.